The first-order valence-electron chi connectivity index (χ1n) is 12.7. The molecule has 0 radical (unpaired) electrons. The number of carbonyl (C=O) groups is 1. The van der Waals surface area contributed by atoms with E-state index in [1.54, 1.807) is 30.6 Å². The maximum Gasteiger partial charge on any atom is 0.259 e. The molecule has 38 heavy (non-hydrogen) atoms. The molecule has 0 aliphatic carbocycles. The van der Waals surface area contributed by atoms with Crippen LogP contribution in [-0.4, -0.2) is 61.5 Å². The van der Waals surface area contributed by atoms with Gasteiger partial charge in [-0.25, -0.2) is 19.6 Å². The van der Waals surface area contributed by atoms with E-state index in [-0.39, 0.29) is 43.0 Å². The summed E-state index contributed by atoms with van der Waals surface area (Å²) in [7, 11) is -1.46. The molecule has 4 atom stereocenters. The zero-order valence-electron chi connectivity index (χ0n) is 22.3. The largest absolute Gasteiger partial charge is 0.355 e. The molecule has 2 aromatic heterocycles. The van der Waals surface area contributed by atoms with Gasteiger partial charge in [0.05, 0.1) is 32.0 Å². The Morgan fingerprint density at radius 2 is 1.97 bits per heavy atom. The molecule has 1 fully saturated rings. The number of ether oxygens (including phenoxy) is 1. The van der Waals surface area contributed by atoms with Gasteiger partial charge in [0.1, 0.15) is 12.4 Å². The van der Waals surface area contributed by atoms with Crippen LogP contribution in [0.5, 0.6) is 0 Å². The number of hydrogen-bond donors (Lipinski definition) is 1. The highest BCUT2D eigenvalue weighted by Crippen LogP contribution is 2.51. The average molecular weight is 540 g/mol. The molecule has 3 aromatic rings. The Morgan fingerprint density at radius 1 is 1.24 bits per heavy atom. The lowest BCUT2D eigenvalue weighted by Gasteiger charge is -2.38. The monoisotopic (exact) mass is 539 g/mol. The molecule has 1 saturated heterocycles. The number of nitrogens with zero attached hydrogens (tertiary/aromatic N) is 6. The number of anilines is 1. The van der Waals surface area contributed by atoms with Gasteiger partial charge < -0.3 is 19.1 Å². The Labute approximate surface area is 224 Å². The summed E-state index contributed by atoms with van der Waals surface area (Å²) in [6, 6.07) is 11.4. The predicted molar refractivity (Wildman–Crippen MR) is 144 cm³/mol. The zero-order valence-corrected chi connectivity index (χ0v) is 23.2. The van der Waals surface area contributed by atoms with Crippen LogP contribution < -0.4 is 5.32 Å². The maximum atomic E-state index is 12.7. The second-order valence-electron chi connectivity index (χ2n) is 9.68. The van der Waals surface area contributed by atoms with E-state index in [2.05, 4.69) is 65.6 Å². The topological polar surface area (TPSA) is 127 Å². The SMILES string of the molecule is CC1CO[C@@H](n2cnc3c(NC(=O)c4ccccc4)ncnc32)[C@H]1OP(OCCC#N)N(C(C)C)C(C)C. The Bertz CT molecular complexity index is 1260. The minimum Gasteiger partial charge on any atom is -0.355 e. The van der Waals surface area contributed by atoms with Gasteiger partial charge in [-0.15, -0.1) is 0 Å². The highest BCUT2D eigenvalue weighted by Gasteiger charge is 2.42. The van der Waals surface area contributed by atoms with E-state index in [0.717, 1.165) is 0 Å². The summed E-state index contributed by atoms with van der Waals surface area (Å²) in [5.74, 6) is 0.107. The van der Waals surface area contributed by atoms with Gasteiger partial charge >= 0.3 is 0 Å². The van der Waals surface area contributed by atoms with Crippen LogP contribution in [0.15, 0.2) is 43.0 Å². The van der Waals surface area contributed by atoms with Crippen molar-refractivity contribution < 1.29 is 18.6 Å². The van der Waals surface area contributed by atoms with Gasteiger partial charge in [0, 0.05) is 23.6 Å². The number of aromatic nitrogens is 4. The molecule has 1 aromatic carbocycles. The number of rotatable bonds is 11. The van der Waals surface area contributed by atoms with Crippen molar-refractivity contribution in [2.45, 2.75) is 65.5 Å². The van der Waals surface area contributed by atoms with Crippen LogP contribution in [0.4, 0.5) is 5.82 Å². The average Bonchev–Trinajstić information content (AvgIpc) is 3.48. The number of nitrogens with one attached hydrogen (secondary N) is 1. The second-order valence-corrected chi connectivity index (χ2v) is 11.1. The van der Waals surface area contributed by atoms with Crippen molar-refractivity contribution in [2.75, 3.05) is 18.5 Å². The minimum atomic E-state index is -1.46. The highest BCUT2D eigenvalue weighted by atomic mass is 31.2. The van der Waals surface area contributed by atoms with Crippen LogP contribution in [0.3, 0.4) is 0 Å². The summed E-state index contributed by atoms with van der Waals surface area (Å²) < 4.78 is 23.0. The second kappa shape index (κ2) is 12.7. The van der Waals surface area contributed by atoms with Gasteiger partial charge in [0.15, 0.2) is 23.2 Å². The summed E-state index contributed by atoms with van der Waals surface area (Å²) >= 11 is 0. The molecule has 0 saturated carbocycles. The molecule has 11 nitrogen and oxygen atoms in total. The van der Waals surface area contributed by atoms with E-state index in [1.807, 2.05) is 10.6 Å². The van der Waals surface area contributed by atoms with E-state index < -0.39 is 14.8 Å². The molecule has 1 aliphatic heterocycles. The highest BCUT2D eigenvalue weighted by molar-refractivity contribution is 7.44. The van der Waals surface area contributed by atoms with Gasteiger partial charge in [-0.3, -0.25) is 9.36 Å². The third kappa shape index (κ3) is 6.17. The number of nitriles is 1. The molecule has 4 rings (SSSR count). The van der Waals surface area contributed by atoms with E-state index >= 15 is 0 Å². The Balaban J connectivity index is 1.60. The van der Waals surface area contributed by atoms with Crippen LogP contribution in [0.1, 0.15) is 57.6 Å². The van der Waals surface area contributed by atoms with E-state index in [1.165, 1.54) is 6.33 Å². The predicted octanol–water partition coefficient (Wildman–Crippen LogP) is 4.90. The number of imidazole rings is 1. The van der Waals surface area contributed by atoms with Crippen molar-refractivity contribution in [3.05, 3.63) is 48.5 Å². The van der Waals surface area contributed by atoms with Crippen molar-refractivity contribution in [1.29, 1.82) is 5.26 Å². The first kappa shape index (κ1) is 28.0. The van der Waals surface area contributed by atoms with Crippen molar-refractivity contribution in [3.63, 3.8) is 0 Å². The molecule has 202 valence electrons. The Hall–Kier alpha value is -3.00. The first-order chi connectivity index (χ1) is 18.3. The lowest BCUT2D eigenvalue weighted by atomic mass is 10.1. The quantitative estimate of drug-likeness (QED) is 0.267. The number of hydrogen-bond acceptors (Lipinski definition) is 9. The van der Waals surface area contributed by atoms with Gasteiger partial charge in [-0.05, 0) is 39.8 Å². The molecule has 3 heterocycles. The van der Waals surface area contributed by atoms with Crippen LogP contribution >= 0.6 is 8.53 Å². The Morgan fingerprint density at radius 3 is 2.66 bits per heavy atom. The molecule has 12 heteroatoms. The number of benzene rings is 1. The molecule has 0 spiro atoms. The molecule has 1 aliphatic rings. The number of amides is 1. The summed E-state index contributed by atoms with van der Waals surface area (Å²) in [4.78, 5) is 26.0. The van der Waals surface area contributed by atoms with Crippen molar-refractivity contribution in [2.24, 2.45) is 5.92 Å². The summed E-state index contributed by atoms with van der Waals surface area (Å²) in [6.45, 7) is 11.3. The summed E-state index contributed by atoms with van der Waals surface area (Å²) in [5.41, 5.74) is 1.50. The first-order valence-corrected chi connectivity index (χ1v) is 13.8. The summed E-state index contributed by atoms with van der Waals surface area (Å²) in [6.07, 6.45) is 2.46. The molecular formula is C26H34N7O4P. The molecule has 1 N–H and O–H groups in total. The molecule has 1 amide bonds. The van der Waals surface area contributed by atoms with Gasteiger partial charge in [0.25, 0.3) is 14.4 Å². The van der Waals surface area contributed by atoms with Crippen LogP contribution in [0.2, 0.25) is 0 Å². The Kier molecular flexibility index (Phi) is 9.36. The van der Waals surface area contributed by atoms with Crippen LogP contribution in [0.25, 0.3) is 11.2 Å². The lowest BCUT2D eigenvalue weighted by Crippen LogP contribution is -2.36. The molecule has 2 unspecified atom stereocenters. The van der Waals surface area contributed by atoms with E-state index in [4.69, 9.17) is 19.0 Å². The number of carbonyl (C=O) groups excluding carboxylic acids is 1. The third-order valence-corrected chi connectivity index (χ3v) is 8.27. The zero-order chi connectivity index (χ0) is 27.2. The molecular weight excluding hydrogens is 505 g/mol. The van der Waals surface area contributed by atoms with E-state index in [9.17, 15) is 4.79 Å². The smallest absolute Gasteiger partial charge is 0.259 e. The summed E-state index contributed by atoms with van der Waals surface area (Å²) in [5, 5.41) is 11.9. The fraction of sp³-hybridized carbons (Fsp3) is 0.500. The van der Waals surface area contributed by atoms with Crippen molar-refractivity contribution in [3.8, 4) is 6.07 Å². The normalized spacial score (nSPS) is 20.3. The van der Waals surface area contributed by atoms with Gasteiger partial charge in [0.2, 0.25) is 0 Å². The minimum absolute atomic E-state index is 0.0716. The van der Waals surface area contributed by atoms with Crippen LogP contribution in [0, 0.1) is 17.2 Å². The fourth-order valence-corrected chi connectivity index (χ4v) is 6.24. The van der Waals surface area contributed by atoms with Gasteiger partial charge in [-0.1, -0.05) is 25.1 Å². The molecule has 0 bridgehead atoms. The van der Waals surface area contributed by atoms with Crippen LogP contribution in [-0.2, 0) is 13.8 Å². The number of fused-ring (bicyclic) bond motifs is 1. The van der Waals surface area contributed by atoms with Gasteiger partial charge in [-0.2, -0.15) is 5.26 Å². The fourth-order valence-electron chi connectivity index (χ4n) is 4.41. The van der Waals surface area contributed by atoms with Crippen molar-refractivity contribution in [1.82, 2.24) is 24.2 Å². The van der Waals surface area contributed by atoms with Crippen molar-refractivity contribution >= 4 is 31.4 Å². The third-order valence-electron chi connectivity index (χ3n) is 6.15. The van der Waals surface area contributed by atoms with E-state index in [0.29, 0.717) is 29.2 Å². The standard InChI is InChI=1S/C26H34N7O4P/c1-17(2)33(18(3)4)38(36-13-9-12-27)37-22-19(5)14-35-26(22)32-16-30-21-23(28-15-29-24(21)32)31-25(34)20-10-7-6-8-11-20/h6-8,10-11,15-19,22,26H,9,13-14H2,1-5H3,(H,28,29,31,34)/t19?,22-,26+,38?/m0/s1. The lowest BCUT2D eigenvalue weighted by molar-refractivity contribution is -0.00452. The maximum absolute atomic E-state index is 12.7.